The van der Waals surface area contributed by atoms with Crippen molar-refractivity contribution < 1.29 is 0 Å². The number of halogens is 1. The Morgan fingerprint density at radius 2 is 2.04 bits per heavy atom. The number of aromatic amines is 1. The summed E-state index contributed by atoms with van der Waals surface area (Å²) in [5.41, 5.74) is 2.45. The fourth-order valence-corrected chi connectivity index (χ4v) is 5.64. The molecule has 27 heavy (non-hydrogen) atoms. The van der Waals surface area contributed by atoms with Crippen molar-refractivity contribution in [1.29, 1.82) is 0 Å². The number of hydrogen-bond donors (Lipinski definition) is 1. The van der Waals surface area contributed by atoms with Gasteiger partial charge in [-0.3, -0.25) is 9.69 Å². The molecule has 1 N–H and O–H groups in total. The fourth-order valence-electron chi connectivity index (χ4n) is 4.17. The monoisotopic (exact) mass is 400 g/mol. The summed E-state index contributed by atoms with van der Waals surface area (Å²) in [6.45, 7) is 4.46. The summed E-state index contributed by atoms with van der Waals surface area (Å²) in [5, 5.41) is 1.61. The molecule has 0 atom stereocenters. The predicted octanol–water partition coefficient (Wildman–Crippen LogP) is 3.45. The Kier molecular flexibility index (Phi) is 4.42. The predicted molar refractivity (Wildman–Crippen MR) is 111 cm³/mol. The molecule has 140 valence electrons. The number of piperazine rings is 1. The van der Waals surface area contributed by atoms with Gasteiger partial charge in [-0.1, -0.05) is 17.7 Å². The van der Waals surface area contributed by atoms with Gasteiger partial charge in [0.05, 0.1) is 11.9 Å². The number of aromatic nitrogens is 2. The van der Waals surface area contributed by atoms with E-state index >= 15 is 0 Å². The topological polar surface area (TPSA) is 52.2 Å². The number of benzene rings is 1. The van der Waals surface area contributed by atoms with Crippen molar-refractivity contribution in [1.82, 2.24) is 14.9 Å². The fraction of sp³-hybridized carbons (Fsp3) is 0.400. The normalized spacial score (nSPS) is 17.6. The minimum absolute atomic E-state index is 0.0342. The van der Waals surface area contributed by atoms with Crippen molar-refractivity contribution in [3.63, 3.8) is 0 Å². The van der Waals surface area contributed by atoms with Gasteiger partial charge in [-0.05, 0) is 43.0 Å². The van der Waals surface area contributed by atoms with Gasteiger partial charge in [-0.2, -0.15) is 0 Å². The molecule has 5 rings (SSSR count). The van der Waals surface area contributed by atoms with Gasteiger partial charge in [0.1, 0.15) is 10.7 Å². The second-order valence-corrected chi connectivity index (χ2v) is 8.81. The van der Waals surface area contributed by atoms with E-state index in [9.17, 15) is 4.79 Å². The number of rotatable bonds is 3. The van der Waals surface area contributed by atoms with E-state index in [4.69, 9.17) is 16.6 Å². The van der Waals surface area contributed by atoms with Crippen LogP contribution in [0.15, 0.2) is 29.1 Å². The van der Waals surface area contributed by atoms with Gasteiger partial charge in [-0.25, -0.2) is 4.98 Å². The Balaban J connectivity index is 1.30. The lowest BCUT2D eigenvalue weighted by molar-refractivity contribution is 0.244. The van der Waals surface area contributed by atoms with Crippen molar-refractivity contribution >= 4 is 38.8 Å². The van der Waals surface area contributed by atoms with E-state index in [1.165, 1.54) is 16.1 Å². The molecule has 1 fully saturated rings. The summed E-state index contributed by atoms with van der Waals surface area (Å²) in [7, 11) is 0. The van der Waals surface area contributed by atoms with Crippen LogP contribution in [0.25, 0.3) is 10.2 Å². The van der Waals surface area contributed by atoms with E-state index in [-0.39, 0.29) is 5.56 Å². The number of H-pyrrole nitrogens is 1. The minimum atomic E-state index is 0.0342. The molecule has 0 amide bonds. The van der Waals surface area contributed by atoms with E-state index in [1.807, 2.05) is 18.2 Å². The van der Waals surface area contributed by atoms with Crippen LogP contribution in [0, 0.1) is 0 Å². The van der Waals surface area contributed by atoms with Gasteiger partial charge in [0.25, 0.3) is 5.56 Å². The molecular formula is C20H21ClN4OS. The third-order valence-electron chi connectivity index (χ3n) is 5.54. The summed E-state index contributed by atoms with van der Waals surface area (Å²) in [5.74, 6) is 0.781. The molecule has 0 spiro atoms. The number of thiophene rings is 1. The molecule has 1 aliphatic carbocycles. The average Bonchev–Trinajstić information content (AvgIpc) is 3.23. The Hall–Kier alpha value is -1.89. The SMILES string of the molecule is O=c1[nH]c(CN2CCN(c3cccc(Cl)c3)CC2)nc2sc3c(c12)CCC3. The molecule has 7 heteroatoms. The Morgan fingerprint density at radius 3 is 2.85 bits per heavy atom. The van der Waals surface area contributed by atoms with Crippen LogP contribution < -0.4 is 10.5 Å². The van der Waals surface area contributed by atoms with Crippen LogP contribution in [0.2, 0.25) is 5.02 Å². The zero-order valence-corrected chi connectivity index (χ0v) is 16.6. The highest BCUT2D eigenvalue weighted by atomic mass is 35.5. The molecule has 3 aromatic rings. The van der Waals surface area contributed by atoms with Crippen LogP contribution in [-0.4, -0.2) is 41.0 Å². The second kappa shape index (κ2) is 6.93. The van der Waals surface area contributed by atoms with Gasteiger partial charge >= 0.3 is 0 Å². The maximum Gasteiger partial charge on any atom is 0.259 e. The maximum atomic E-state index is 12.6. The highest BCUT2D eigenvalue weighted by Crippen LogP contribution is 2.34. The number of fused-ring (bicyclic) bond motifs is 3. The van der Waals surface area contributed by atoms with Crippen molar-refractivity contribution in [2.24, 2.45) is 0 Å². The molecule has 1 aliphatic heterocycles. The lowest BCUT2D eigenvalue weighted by Gasteiger charge is -2.35. The highest BCUT2D eigenvalue weighted by molar-refractivity contribution is 7.18. The van der Waals surface area contributed by atoms with Crippen molar-refractivity contribution in [2.75, 3.05) is 31.1 Å². The zero-order valence-electron chi connectivity index (χ0n) is 15.0. The lowest BCUT2D eigenvalue weighted by Crippen LogP contribution is -2.46. The average molecular weight is 401 g/mol. The third-order valence-corrected chi connectivity index (χ3v) is 6.96. The smallest absolute Gasteiger partial charge is 0.259 e. The van der Waals surface area contributed by atoms with Crippen LogP contribution in [0.3, 0.4) is 0 Å². The molecule has 0 saturated carbocycles. The van der Waals surface area contributed by atoms with Gasteiger partial charge in [0, 0.05) is 41.8 Å². The molecule has 1 saturated heterocycles. The van der Waals surface area contributed by atoms with Crippen molar-refractivity contribution in [3.8, 4) is 0 Å². The third kappa shape index (κ3) is 3.26. The summed E-state index contributed by atoms with van der Waals surface area (Å²) in [6, 6.07) is 8.01. The molecule has 1 aromatic carbocycles. The quantitative estimate of drug-likeness (QED) is 0.731. The zero-order chi connectivity index (χ0) is 18.4. The first-order chi connectivity index (χ1) is 13.2. The van der Waals surface area contributed by atoms with E-state index in [0.717, 1.165) is 66.5 Å². The van der Waals surface area contributed by atoms with Crippen LogP contribution in [0.4, 0.5) is 5.69 Å². The van der Waals surface area contributed by atoms with E-state index < -0.39 is 0 Å². The van der Waals surface area contributed by atoms with E-state index in [2.05, 4.69) is 20.9 Å². The Morgan fingerprint density at radius 1 is 1.19 bits per heavy atom. The molecule has 0 unspecified atom stereocenters. The molecule has 3 heterocycles. The number of anilines is 1. The van der Waals surface area contributed by atoms with Crippen molar-refractivity contribution in [3.05, 3.63) is 55.9 Å². The standard InChI is InChI=1S/C20H21ClN4OS/c21-13-3-1-4-14(11-13)25-9-7-24(8-10-25)12-17-22-19(26)18-15-5-2-6-16(15)27-20(18)23-17/h1,3-4,11H,2,5-10,12H2,(H,22,23,26). The van der Waals surface area contributed by atoms with Crippen LogP contribution in [-0.2, 0) is 19.4 Å². The number of hydrogen-bond acceptors (Lipinski definition) is 5. The molecular weight excluding hydrogens is 380 g/mol. The maximum absolute atomic E-state index is 12.6. The lowest BCUT2D eigenvalue weighted by atomic mass is 10.2. The summed E-state index contributed by atoms with van der Waals surface area (Å²) in [6.07, 6.45) is 3.27. The van der Waals surface area contributed by atoms with Gasteiger partial charge in [-0.15, -0.1) is 11.3 Å². The van der Waals surface area contributed by atoms with Gasteiger partial charge < -0.3 is 9.88 Å². The first-order valence-electron chi connectivity index (χ1n) is 9.44. The van der Waals surface area contributed by atoms with Crippen molar-refractivity contribution in [2.45, 2.75) is 25.8 Å². The first kappa shape index (κ1) is 17.2. The van der Waals surface area contributed by atoms with E-state index in [1.54, 1.807) is 11.3 Å². The van der Waals surface area contributed by atoms with Crippen LogP contribution in [0.1, 0.15) is 22.7 Å². The Labute approximate surface area is 166 Å². The Bertz CT molecular complexity index is 1050. The van der Waals surface area contributed by atoms with Gasteiger partial charge in [0.2, 0.25) is 0 Å². The largest absolute Gasteiger partial charge is 0.369 e. The van der Waals surface area contributed by atoms with Gasteiger partial charge in [0.15, 0.2) is 0 Å². The molecule has 0 bridgehead atoms. The number of aryl methyl sites for hydroxylation is 2. The molecule has 0 radical (unpaired) electrons. The number of nitrogens with one attached hydrogen (secondary N) is 1. The number of nitrogens with zero attached hydrogens (tertiary/aromatic N) is 3. The summed E-state index contributed by atoms with van der Waals surface area (Å²) in [4.78, 5) is 27.4. The van der Waals surface area contributed by atoms with E-state index in [0.29, 0.717) is 6.54 Å². The summed E-state index contributed by atoms with van der Waals surface area (Å²) >= 11 is 7.82. The second-order valence-electron chi connectivity index (χ2n) is 7.29. The highest BCUT2D eigenvalue weighted by Gasteiger charge is 2.22. The molecule has 2 aromatic heterocycles. The van der Waals surface area contributed by atoms with Crippen LogP contribution in [0.5, 0.6) is 0 Å². The molecule has 2 aliphatic rings. The van der Waals surface area contributed by atoms with Crippen LogP contribution >= 0.6 is 22.9 Å². The summed E-state index contributed by atoms with van der Waals surface area (Å²) < 4.78 is 0. The first-order valence-corrected chi connectivity index (χ1v) is 10.6. The molecule has 5 nitrogen and oxygen atoms in total. The minimum Gasteiger partial charge on any atom is -0.369 e.